The summed E-state index contributed by atoms with van der Waals surface area (Å²) >= 11 is 5.76. The van der Waals surface area contributed by atoms with E-state index in [9.17, 15) is 13.2 Å². The molecule has 3 rings (SSSR count). The second kappa shape index (κ2) is 7.56. The zero-order valence-electron chi connectivity index (χ0n) is 13.6. The second-order valence-corrected chi connectivity index (χ2v) is 8.14. The van der Waals surface area contributed by atoms with Crippen molar-refractivity contribution in [3.8, 4) is 0 Å². The molecule has 0 atom stereocenters. The summed E-state index contributed by atoms with van der Waals surface area (Å²) in [7, 11) is -3.63. The normalized spacial score (nSPS) is 14.2. The van der Waals surface area contributed by atoms with Crippen LogP contribution in [0.1, 0.15) is 17.5 Å². The Bertz CT molecular complexity index is 866. The number of benzene rings is 2. The lowest BCUT2D eigenvalue weighted by atomic mass is 10.00. The first-order valence-electron chi connectivity index (χ1n) is 8.05. The summed E-state index contributed by atoms with van der Waals surface area (Å²) < 4.78 is 26.8. The lowest BCUT2D eigenvalue weighted by Gasteiger charge is -2.29. The van der Waals surface area contributed by atoms with Gasteiger partial charge in [0.2, 0.25) is 15.9 Å². The molecule has 1 aliphatic heterocycles. The van der Waals surface area contributed by atoms with Crippen molar-refractivity contribution in [2.45, 2.75) is 24.3 Å². The molecule has 1 aliphatic rings. The van der Waals surface area contributed by atoms with E-state index in [0.717, 1.165) is 12.0 Å². The summed E-state index contributed by atoms with van der Waals surface area (Å²) in [6.07, 6.45) is 0.966. The molecule has 0 spiro atoms. The number of fused-ring (bicyclic) bond motifs is 1. The Kier molecular flexibility index (Phi) is 5.42. The molecule has 2 aromatic carbocycles. The van der Waals surface area contributed by atoms with E-state index in [4.69, 9.17) is 11.6 Å². The highest BCUT2D eigenvalue weighted by molar-refractivity contribution is 7.89. The predicted octanol–water partition coefficient (Wildman–Crippen LogP) is 2.59. The van der Waals surface area contributed by atoms with Crippen LogP contribution in [0, 0.1) is 0 Å². The van der Waals surface area contributed by atoms with Gasteiger partial charge in [-0.3, -0.25) is 4.79 Å². The fraction of sp³-hybridized carbons (Fsp3) is 0.278. The van der Waals surface area contributed by atoms with Crippen molar-refractivity contribution in [2.24, 2.45) is 0 Å². The topological polar surface area (TPSA) is 66.5 Å². The van der Waals surface area contributed by atoms with Crippen molar-refractivity contribution < 1.29 is 13.2 Å². The second-order valence-electron chi connectivity index (χ2n) is 5.94. The first-order chi connectivity index (χ1) is 12.0. The molecule has 0 unspecified atom stereocenters. The number of hydrogen-bond acceptors (Lipinski definition) is 3. The van der Waals surface area contributed by atoms with Crippen LogP contribution in [0.2, 0.25) is 5.02 Å². The summed E-state index contributed by atoms with van der Waals surface area (Å²) in [6, 6.07) is 14.0. The summed E-state index contributed by atoms with van der Waals surface area (Å²) in [5.41, 5.74) is 2.43. The molecule has 0 saturated carbocycles. The number of amides is 1. The van der Waals surface area contributed by atoms with Crippen LogP contribution in [0.15, 0.2) is 53.4 Å². The molecule has 0 aromatic heterocycles. The number of hydrogen-bond donors (Lipinski definition) is 1. The third-order valence-electron chi connectivity index (χ3n) is 4.24. The molecular weight excluding hydrogens is 360 g/mol. The Morgan fingerprint density at radius 2 is 1.76 bits per heavy atom. The molecule has 25 heavy (non-hydrogen) atoms. The number of nitrogens with zero attached hydrogens (tertiary/aromatic N) is 1. The third-order valence-corrected chi connectivity index (χ3v) is 5.97. The van der Waals surface area contributed by atoms with Crippen LogP contribution < -0.4 is 4.72 Å². The van der Waals surface area contributed by atoms with Gasteiger partial charge in [0.05, 0.1) is 4.90 Å². The van der Waals surface area contributed by atoms with Crippen LogP contribution in [-0.4, -0.2) is 32.3 Å². The predicted molar refractivity (Wildman–Crippen MR) is 96.8 cm³/mol. The molecular formula is C18H19ClN2O3S. The standard InChI is InChI=1S/C18H19ClN2O3S/c19-16-5-7-17(8-6-16)25(23,24)20-11-9-18(22)21-12-10-14-3-1-2-4-15(14)13-21/h1-8,20H,9-13H2. The van der Waals surface area contributed by atoms with Gasteiger partial charge >= 0.3 is 0 Å². The highest BCUT2D eigenvalue weighted by Gasteiger charge is 2.21. The molecule has 0 radical (unpaired) electrons. The Morgan fingerprint density at radius 3 is 2.48 bits per heavy atom. The van der Waals surface area contributed by atoms with Crippen molar-refractivity contribution in [1.82, 2.24) is 9.62 Å². The third kappa shape index (κ3) is 4.39. The monoisotopic (exact) mass is 378 g/mol. The van der Waals surface area contributed by atoms with Crippen molar-refractivity contribution in [1.29, 1.82) is 0 Å². The number of halogens is 1. The lowest BCUT2D eigenvalue weighted by Crippen LogP contribution is -2.38. The molecule has 5 nitrogen and oxygen atoms in total. The zero-order chi connectivity index (χ0) is 17.9. The van der Waals surface area contributed by atoms with Gasteiger partial charge in [0, 0.05) is 31.1 Å². The van der Waals surface area contributed by atoms with E-state index in [2.05, 4.69) is 10.8 Å². The average molecular weight is 379 g/mol. The molecule has 1 heterocycles. The largest absolute Gasteiger partial charge is 0.338 e. The summed E-state index contributed by atoms with van der Waals surface area (Å²) in [4.78, 5) is 14.3. The number of carbonyl (C=O) groups is 1. The van der Waals surface area contributed by atoms with Crippen molar-refractivity contribution >= 4 is 27.5 Å². The number of rotatable bonds is 5. The lowest BCUT2D eigenvalue weighted by molar-refractivity contribution is -0.131. The van der Waals surface area contributed by atoms with E-state index in [1.54, 1.807) is 4.90 Å². The molecule has 132 valence electrons. The van der Waals surface area contributed by atoms with Gasteiger partial charge < -0.3 is 4.90 Å². The average Bonchev–Trinajstić information content (AvgIpc) is 2.61. The Morgan fingerprint density at radius 1 is 1.08 bits per heavy atom. The Labute approximate surface area is 152 Å². The fourth-order valence-electron chi connectivity index (χ4n) is 2.86. The molecule has 7 heteroatoms. The highest BCUT2D eigenvalue weighted by Crippen LogP contribution is 2.19. The van der Waals surface area contributed by atoms with Crippen molar-refractivity contribution in [2.75, 3.05) is 13.1 Å². The van der Waals surface area contributed by atoms with Gasteiger partial charge in [-0.2, -0.15) is 0 Å². The van der Waals surface area contributed by atoms with E-state index in [0.29, 0.717) is 18.1 Å². The number of sulfonamides is 1. The van der Waals surface area contributed by atoms with E-state index in [-0.39, 0.29) is 23.8 Å². The maximum Gasteiger partial charge on any atom is 0.240 e. The smallest absolute Gasteiger partial charge is 0.240 e. The SMILES string of the molecule is O=C(CCNS(=O)(=O)c1ccc(Cl)cc1)N1CCc2ccccc2C1. The maximum atomic E-state index is 12.3. The molecule has 0 bridgehead atoms. The summed E-state index contributed by atoms with van der Waals surface area (Å²) in [5.74, 6) is -0.0479. The van der Waals surface area contributed by atoms with E-state index in [1.807, 2.05) is 18.2 Å². The van der Waals surface area contributed by atoms with Crippen LogP contribution >= 0.6 is 11.6 Å². The van der Waals surface area contributed by atoms with Crippen LogP contribution in [0.3, 0.4) is 0 Å². The van der Waals surface area contributed by atoms with Gasteiger partial charge in [-0.15, -0.1) is 0 Å². The summed E-state index contributed by atoms with van der Waals surface area (Å²) in [5, 5.41) is 0.472. The van der Waals surface area contributed by atoms with E-state index in [1.165, 1.54) is 29.8 Å². The van der Waals surface area contributed by atoms with Crippen molar-refractivity contribution in [3.63, 3.8) is 0 Å². The van der Waals surface area contributed by atoms with Crippen LogP contribution in [0.4, 0.5) is 0 Å². The molecule has 1 N–H and O–H groups in total. The highest BCUT2D eigenvalue weighted by atomic mass is 35.5. The first-order valence-corrected chi connectivity index (χ1v) is 9.91. The van der Waals surface area contributed by atoms with Gasteiger partial charge in [-0.25, -0.2) is 13.1 Å². The fourth-order valence-corrected chi connectivity index (χ4v) is 4.01. The molecule has 2 aromatic rings. The van der Waals surface area contributed by atoms with Gasteiger partial charge in [0.1, 0.15) is 0 Å². The van der Waals surface area contributed by atoms with Crippen LogP contribution in [-0.2, 0) is 27.8 Å². The maximum absolute atomic E-state index is 12.3. The van der Waals surface area contributed by atoms with Gasteiger partial charge in [-0.05, 0) is 41.8 Å². The zero-order valence-corrected chi connectivity index (χ0v) is 15.2. The van der Waals surface area contributed by atoms with Gasteiger partial charge in [0.15, 0.2) is 0 Å². The summed E-state index contributed by atoms with van der Waals surface area (Å²) in [6.45, 7) is 1.32. The van der Waals surface area contributed by atoms with Gasteiger partial charge in [-0.1, -0.05) is 35.9 Å². The quantitative estimate of drug-likeness (QED) is 0.869. The van der Waals surface area contributed by atoms with Crippen LogP contribution in [0.5, 0.6) is 0 Å². The van der Waals surface area contributed by atoms with E-state index >= 15 is 0 Å². The minimum Gasteiger partial charge on any atom is -0.338 e. The number of nitrogens with one attached hydrogen (secondary N) is 1. The minimum atomic E-state index is -3.63. The number of carbonyl (C=O) groups excluding carboxylic acids is 1. The van der Waals surface area contributed by atoms with Crippen LogP contribution in [0.25, 0.3) is 0 Å². The van der Waals surface area contributed by atoms with E-state index < -0.39 is 10.0 Å². The molecule has 0 saturated heterocycles. The van der Waals surface area contributed by atoms with Crippen molar-refractivity contribution in [3.05, 3.63) is 64.7 Å². The minimum absolute atomic E-state index is 0.0479. The molecule has 0 aliphatic carbocycles. The molecule has 0 fully saturated rings. The molecule has 1 amide bonds. The Balaban J connectivity index is 1.54. The first kappa shape index (κ1) is 17.9. The van der Waals surface area contributed by atoms with Gasteiger partial charge in [0.25, 0.3) is 0 Å². The Hall–Kier alpha value is -1.89.